The van der Waals surface area contributed by atoms with Gasteiger partial charge in [0.25, 0.3) is 5.91 Å². The largest absolute Gasteiger partial charge is 0.390 e. The van der Waals surface area contributed by atoms with Crippen LogP contribution in [0.5, 0.6) is 0 Å². The van der Waals surface area contributed by atoms with Gasteiger partial charge < -0.3 is 10.0 Å². The van der Waals surface area contributed by atoms with E-state index in [0.29, 0.717) is 24.6 Å². The molecular formula is C17H23FN2O2. The second kappa shape index (κ2) is 6.34. The van der Waals surface area contributed by atoms with Crippen LogP contribution in [0.3, 0.4) is 0 Å². The summed E-state index contributed by atoms with van der Waals surface area (Å²) in [6, 6.07) is 5.90. The van der Waals surface area contributed by atoms with Gasteiger partial charge in [-0.1, -0.05) is 6.42 Å². The summed E-state index contributed by atoms with van der Waals surface area (Å²) in [5.74, 6) is 0.148. The molecule has 3 rings (SSSR count). The van der Waals surface area contributed by atoms with Crippen LogP contribution in [0.4, 0.5) is 4.39 Å². The molecule has 2 fully saturated rings. The molecule has 0 bridgehead atoms. The summed E-state index contributed by atoms with van der Waals surface area (Å²) in [4.78, 5) is 16.6. The fraction of sp³-hybridized carbons (Fsp3) is 0.588. The highest BCUT2D eigenvalue weighted by atomic mass is 19.1. The molecule has 5 heteroatoms. The number of benzene rings is 1. The standard InChI is InChI=1S/C17H23FN2O2/c1-19(17(22)13-5-7-14(18)8-6-13)16(12-3-2-4-12)11-20-9-15(21)10-20/h5-8,12,15-16,21H,2-4,9-11H2,1H3/t16-/m0/s1. The number of hydrogen-bond donors (Lipinski definition) is 1. The number of hydrogen-bond acceptors (Lipinski definition) is 3. The number of nitrogens with zero attached hydrogens (tertiary/aromatic N) is 2. The molecule has 1 saturated carbocycles. The lowest BCUT2D eigenvalue weighted by Gasteiger charge is -2.45. The first-order valence-corrected chi connectivity index (χ1v) is 7.97. The summed E-state index contributed by atoms with van der Waals surface area (Å²) in [5.41, 5.74) is 0.525. The molecule has 1 aromatic rings. The summed E-state index contributed by atoms with van der Waals surface area (Å²) in [6.07, 6.45) is 3.31. The molecule has 4 nitrogen and oxygen atoms in total. The zero-order valence-electron chi connectivity index (χ0n) is 12.9. The van der Waals surface area contributed by atoms with Crippen LogP contribution in [-0.2, 0) is 0 Å². The zero-order valence-corrected chi connectivity index (χ0v) is 12.9. The van der Waals surface area contributed by atoms with E-state index in [9.17, 15) is 14.3 Å². The molecule has 1 aliphatic heterocycles. The lowest BCUT2D eigenvalue weighted by atomic mass is 9.78. The number of aliphatic hydroxyl groups is 1. The number of carbonyl (C=O) groups is 1. The summed E-state index contributed by atoms with van der Waals surface area (Å²) in [5, 5.41) is 9.44. The van der Waals surface area contributed by atoms with Gasteiger partial charge in [0.15, 0.2) is 0 Å². The van der Waals surface area contributed by atoms with Gasteiger partial charge in [0.2, 0.25) is 0 Å². The highest BCUT2D eigenvalue weighted by molar-refractivity contribution is 5.94. The molecule has 1 N–H and O–H groups in total. The summed E-state index contributed by atoms with van der Waals surface area (Å²) in [7, 11) is 1.84. The van der Waals surface area contributed by atoms with E-state index in [2.05, 4.69) is 4.90 Å². The smallest absolute Gasteiger partial charge is 0.253 e. The Balaban J connectivity index is 1.68. The third-order valence-electron chi connectivity index (χ3n) is 4.99. The maximum atomic E-state index is 13.0. The van der Waals surface area contributed by atoms with Gasteiger partial charge in [0, 0.05) is 38.3 Å². The van der Waals surface area contributed by atoms with Crippen LogP contribution in [0.15, 0.2) is 24.3 Å². The van der Waals surface area contributed by atoms with Crippen LogP contribution in [0.1, 0.15) is 29.6 Å². The number of rotatable bonds is 5. The first-order chi connectivity index (χ1) is 10.5. The topological polar surface area (TPSA) is 43.8 Å². The quantitative estimate of drug-likeness (QED) is 0.901. The van der Waals surface area contributed by atoms with Crippen molar-refractivity contribution in [2.24, 2.45) is 5.92 Å². The van der Waals surface area contributed by atoms with Crippen molar-refractivity contribution in [3.63, 3.8) is 0 Å². The van der Waals surface area contributed by atoms with E-state index in [1.165, 1.54) is 18.6 Å². The second-order valence-electron chi connectivity index (χ2n) is 6.55. The summed E-state index contributed by atoms with van der Waals surface area (Å²) >= 11 is 0. The molecule has 1 heterocycles. The van der Waals surface area contributed by atoms with Gasteiger partial charge in [-0.05, 0) is 43.0 Å². The fourth-order valence-electron chi connectivity index (χ4n) is 3.32. The van der Waals surface area contributed by atoms with Crippen molar-refractivity contribution in [2.45, 2.75) is 31.4 Å². The molecule has 2 aliphatic rings. The predicted octanol–water partition coefficient (Wildman–Crippen LogP) is 1.74. The Morgan fingerprint density at radius 3 is 2.50 bits per heavy atom. The van der Waals surface area contributed by atoms with Crippen molar-refractivity contribution in [2.75, 3.05) is 26.7 Å². The van der Waals surface area contributed by atoms with E-state index < -0.39 is 0 Å². The molecule has 0 radical (unpaired) electrons. The lowest BCUT2D eigenvalue weighted by Crippen LogP contribution is -2.58. The van der Waals surface area contributed by atoms with E-state index >= 15 is 0 Å². The maximum Gasteiger partial charge on any atom is 0.253 e. The van der Waals surface area contributed by atoms with Crippen molar-refractivity contribution >= 4 is 5.91 Å². The van der Waals surface area contributed by atoms with Gasteiger partial charge in [-0.3, -0.25) is 9.69 Å². The van der Waals surface area contributed by atoms with Crippen molar-refractivity contribution < 1.29 is 14.3 Å². The molecule has 1 saturated heterocycles. The monoisotopic (exact) mass is 306 g/mol. The van der Waals surface area contributed by atoms with Gasteiger partial charge in [0.1, 0.15) is 5.82 Å². The highest BCUT2D eigenvalue weighted by Gasteiger charge is 2.36. The number of likely N-dealkylation sites (N-methyl/N-ethyl adjacent to an activating group) is 1. The minimum Gasteiger partial charge on any atom is -0.390 e. The lowest BCUT2D eigenvalue weighted by molar-refractivity contribution is -0.0223. The molecule has 0 spiro atoms. The summed E-state index contributed by atoms with van der Waals surface area (Å²) < 4.78 is 13.0. The van der Waals surface area contributed by atoms with Gasteiger partial charge in [-0.25, -0.2) is 4.39 Å². The number of amides is 1. The third-order valence-corrected chi connectivity index (χ3v) is 4.99. The molecule has 0 aromatic heterocycles. The van der Waals surface area contributed by atoms with E-state index in [4.69, 9.17) is 0 Å². The Kier molecular flexibility index (Phi) is 4.45. The highest BCUT2D eigenvalue weighted by Crippen LogP contribution is 2.33. The maximum absolute atomic E-state index is 13.0. The molecule has 1 amide bonds. The Bertz CT molecular complexity index is 524. The molecule has 0 unspecified atom stereocenters. The molecule has 22 heavy (non-hydrogen) atoms. The van der Waals surface area contributed by atoms with Gasteiger partial charge >= 0.3 is 0 Å². The minimum absolute atomic E-state index is 0.0574. The average Bonchev–Trinajstić information content (AvgIpc) is 2.42. The number of likely N-dealkylation sites (tertiary alicyclic amines) is 1. The molecule has 120 valence electrons. The van der Waals surface area contributed by atoms with Crippen LogP contribution in [0, 0.1) is 11.7 Å². The van der Waals surface area contributed by atoms with E-state index in [-0.39, 0.29) is 23.9 Å². The van der Waals surface area contributed by atoms with Gasteiger partial charge in [-0.2, -0.15) is 0 Å². The number of aliphatic hydroxyl groups excluding tert-OH is 1. The number of carbonyl (C=O) groups excluding carboxylic acids is 1. The van der Waals surface area contributed by atoms with Crippen LogP contribution in [0.25, 0.3) is 0 Å². The fourth-order valence-corrected chi connectivity index (χ4v) is 3.32. The minimum atomic E-state index is -0.329. The molecule has 1 aliphatic carbocycles. The zero-order chi connectivity index (χ0) is 15.7. The van der Waals surface area contributed by atoms with Crippen molar-refractivity contribution in [1.82, 2.24) is 9.80 Å². The van der Waals surface area contributed by atoms with Crippen LogP contribution < -0.4 is 0 Å². The van der Waals surface area contributed by atoms with Crippen molar-refractivity contribution in [3.05, 3.63) is 35.6 Å². The Morgan fingerprint density at radius 1 is 1.36 bits per heavy atom. The van der Waals surface area contributed by atoms with E-state index in [1.807, 2.05) is 11.9 Å². The average molecular weight is 306 g/mol. The SMILES string of the molecule is CN(C(=O)c1ccc(F)cc1)[C@@H](CN1CC(O)C1)C1CCC1. The Labute approximate surface area is 130 Å². The number of β-amino-alcohol motifs (C(OH)–C–C–N with tert-alkyl or cyclic N) is 1. The van der Waals surface area contributed by atoms with Crippen LogP contribution >= 0.6 is 0 Å². The normalized spacial score (nSPS) is 21.0. The summed E-state index contributed by atoms with van der Waals surface area (Å²) in [6.45, 7) is 2.20. The van der Waals surface area contributed by atoms with Crippen LogP contribution in [-0.4, -0.2) is 59.6 Å². The second-order valence-corrected chi connectivity index (χ2v) is 6.55. The number of halogens is 1. The predicted molar refractivity (Wildman–Crippen MR) is 82.1 cm³/mol. The third kappa shape index (κ3) is 3.15. The Hall–Kier alpha value is -1.46. The van der Waals surface area contributed by atoms with Crippen molar-refractivity contribution in [3.8, 4) is 0 Å². The van der Waals surface area contributed by atoms with Crippen LogP contribution in [0.2, 0.25) is 0 Å². The Morgan fingerprint density at radius 2 is 2.00 bits per heavy atom. The molecule has 1 atom stereocenters. The molecule has 1 aromatic carbocycles. The van der Waals surface area contributed by atoms with Gasteiger partial charge in [0.05, 0.1) is 6.10 Å². The first-order valence-electron chi connectivity index (χ1n) is 7.97. The van der Waals surface area contributed by atoms with Gasteiger partial charge in [-0.15, -0.1) is 0 Å². The van der Waals surface area contributed by atoms with E-state index in [0.717, 1.165) is 19.4 Å². The molecular weight excluding hydrogens is 283 g/mol. The van der Waals surface area contributed by atoms with E-state index in [1.54, 1.807) is 12.1 Å². The first kappa shape index (κ1) is 15.4. The van der Waals surface area contributed by atoms with Crippen molar-refractivity contribution in [1.29, 1.82) is 0 Å².